The number of nitrogens with one attached hydrogen (secondary N) is 1. The van der Waals surface area contributed by atoms with Crippen LogP contribution in [-0.4, -0.2) is 46.2 Å². The van der Waals surface area contributed by atoms with E-state index >= 15 is 0 Å². The molecule has 1 aromatic heterocycles. The van der Waals surface area contributed by atoms with Crippen molar-refractivity contribution in [2.45, 2.75) is 17.9 Å². The molecule has 0 spiro atoms. The second kappa shape index (κ2) is 7.88. The summed E-state index contributed by atoms with van der Waals surface area (Å²) in [5.41, 5.74) is 0. The van der Waals surface area contributed by atoms with E-state index in [1.54, 1.807) is 12.1 Å². The van der Waals surface area contributed by atoms with Gasteiger partial charge in [-0.15, -0.1) is 0 Å². The minimum atomic E-state index is -3.65. The molecule has 136 valence electrons. The summed E-state index contributed by atoms with van der Waals surface area (Å²) < 4.78 is 39.0. The number of halogens is 1. The van der Waals surface area contributed by atoms with Crippen LogP contribution in [0.4, 0.5) is 0 Å². The number of sulfonamides is 1. The monoisotopic (exact) mass is 384 g/mol. The molecule has 1 atom stereocenters. The van der Waals surface area contributed by atoms with Crippen molar-refractivity contribution >= 4 is 21.6 Å². The Kier molecular flexibility index (Phi) is 5.81. The van der Waals surface area contributed by atoms with Crippen molar-refractivity contribution in [3.63, 3.8) is 0 Å². The fourth-order valence-corrected chi connectivity index (χ4v) is 4.18. The highest BCUT2D eigenvalue weighted by molar-refractivity contribution is 7.89. The van der Waals surface area contributed by atoms with Gasteiger partial charge in [-0.3, -0.25) is 4.90 Å². The molecule has 0 amide bonds. The summed E-state index contributed by atoms with van der Waals surface area (Å²) >= 11 is 5.90. The minimum absolute atomic E-state index is 0.149. The van der Waals surface area contributed by atoms with Gasteiger partial charge in [-0.2, -0.15) is 0 Å². The summed E-state index contributed by atoms with van der Waals surface area (Å²) in [6, 6.07) is 9.80. The van der Waals surface area contributed by atoms with E-state index in [1.807, 2.05) is 19.1 Å². The molecular weight excluding hydrogens is 364 g/mol. The molecular formula is C17H21ClN2O4S. The van der Waals surface area contributed by atoms with Crippen LogP contribution in [0.5, 0.6) is 0 Å². The number of hydrogen-bond acceptors (Lipinski definition) is 5. The SMILES string of the molecule is Cc1ccc(C(CNS(=O)(=O)c2cccc(Cl)c2)N2CCOCC2)o1. The van der Waals surface area contributed by atoms with Crippen LogP contribution in [0.1, 0.15) is 17.6 Å². The fraction of sp³-hybridized carbons (Fsp3) is 0.412. The van der Waals surface area contributed by atoms with Gasteiger partial charge >= 0.3 is 0 Å². The Labute approximate surface area is 152 Å². The number of ether oxygens (including phenoxy) is 1. The van der Waals surface area contributed by atoms with Crippen LogP contribution >= 0.6 is 11.6 Å². The van der Waals surface area contributed by atoms with Crippen LogP contribution < -0.4 is 4.72 Å². The molecule has 1 aliphatic rings. The van der Waals surface area contributed by atoms with E-state index in [1.165, 1.54) is 12.1 Å². The van der Waals surface area contributed by atoms with E-state index in [0.717, 1.165) is 24.6 Å². The van der Waals surface area contributed by atoms with E-state index in [2.05, 4.69) is 9.62 Å². The molecule has 1 aliphatic heterocycles. The Morgan fingerprint density at radius 2 is 2.00 bits per heavy atom. The third-order valence-electron chi connectivity index (χ3n) is 4.15. The molecule has 0 bridgehead atoms. The topological polar surface area (TPSA) is 71.8 Å². The van der Waals surface area contributed by atoms with Gasteiger partial charge in [0, 0.05) is 24.7 Å². The summed E-state index contributed by atoms with van der Waals surface area (Å²) in [5, 5.41) is 0.384. The van der Waals surface area contributed by atoms with Crippen LogP contribution in [-0.2, 0) is 14.8 Å². The second-order valence-corrected chi connectivity index (χ2v) is 8.13. The van der Waals surface area contributed by atoms with Gasteiger partial charge in [0.15, 0.2) is 0 Å². The predicted octanol–water partition coefficient (Wildman–Crippen LogP) is 2.59. The average Bonchev–Trinajstić information content (AvgIpc) is 3.02. The van der Waals surface area contributed by atoms with Crippen molar-refractivity contribution in [3.8, 4) is 0 Å². The molecule has 2 aromatic rings. The number of benzene rings is 1. The van der Waals surface area contributed by atoms with Crippen molar-refractivity contribution in [3.05, 3.63) is 52.9 Å². The first-order valence-corrected chi connectivity index (χ1v) is 9.95. The summed E-state index contributed by atoms with van der Waals surface area (Å²) in [4.78, 5) is 2.32. The Balaban J connectivity index is 1.78. The number of aryl methyl sites for hydroxylation is 1. The Morgan fingerprint density at radius 3 is 2.64 bits per heavy atom. The molecule has 0 radical (unpaired) electrons. The third kappa shape index (κ3) is 4.62. The molecule has 1 N–H and O–H groups in total. The highest BCUT2D eigenvalue weighted by Crippen LogP contribution is 2.24. The Hall–Kier alpha value is -1.38. The zero-order valence-electron chi connectivity index (χ0n) is 13.9. The molecule has 1 aromatic carbocycles. The summed E-state index contributed by atoms with van der Waals surface area (Å²) in [6.07, 6.45) is 0. The zero-order chi connectivity index (χ0) is 17.9. The maximum atomic E-state index is 12.6. The largest absolute Gasteiger partial charge is 0.465 e. The first-order chi connectivity index (χ1) is 12.0. The lowest BCUT2D eigenvalue weighted by Crippen LogP contribution is -2.43. The number of hydrogen-bond donors (Lipinski definition) is 1. The second-order valence-electron chi connectivity index (χ2n) is 5.92. The van der Waals surface area contributed by atoms with Crippen LogP contribution in [0.3, 0.4) is 0 Å². The highest BCUT2D eigenvalue weighted by Gasteiger charge is 2.27. The number of rotatable bonds is 6. The zero-order valence-corrected chi connectivity index (χ0v) is 15.5. The molecule has 0 saturated carbocycles. The van der Waals surface area contributed by atoms with Gasteiger partial charge in [0.1, 0.15) is 11.5 Å². The van der Waals surface area contributed by atoms with Crippen molar-refractivity contribution < 1.29 is 17.6 Å². The molecule has 0 aliphatic carbocycles. The summed E-state index contributed by atoms with van der Waals surface area (Å²) in [6.45, 7) is 4.78. The average molecular weight is 385 g/mol. The molecule has 6 nitrogen and oxygen atoms in total. The number of nitrogens with zero attached hydrogens (tertiary/aromatic N) is 1. The number of furan rings is 1. The van der Waals surface area contributed by atoms with Crippen molar-refractivity contribution in [1.82, 2.24) is 9.62 Å². The maximum absolute atomic E-state index is 12.6. The standard InChI is InChI=1S/C17H21ClN2O4S/c1-13-5-6-17(24-13)16(20-7-9-23-10-8-20)12-19-25(21,22)15-4-2-3-14(18)11-15/h2-6,11,16,19H,7-10,12H2,1H3. The first kappa shape index (κ1) is 18.4. The van der Waals surface area contributed by atoms with Gasteiger partial charge in [-0.1, -0.05) is 17.7 Å². The molecule has 3 rings (SSSR count). The third-order valence-corrected chi connectivity index (χ3v) is 5.81. The van der Waals surface area contributed by atoms with Gasteiger partial charge < -0.3 is 9.15 Å². The molecule has 1 unspecified atom stereocenters. The number of morpholine rings is 1. The lowest BCUT2D eigenvalue weighted by atomic mass is 10.2. The van der Waals surface area contributed by atoms with Gasteiger partial charge in [-0.05, 0) is 37.3 Å². The molecule has 2 heterocycles. The van der Waals surface area contributed by atoms with Gasteiger partial charge in [0.2, 0.25) is 10.0 Å². The summed E-state index contributed by atoms with van der Waals surface area (Å²) in [7, 11) is -3.65. The van der Waals surface area contributed by atoms with E-state index in [4.69, 9.17) is 20.8 Å². The van der Waals surface area contributed by atoms with E-state index in [0.29, 0.717) is 18.2 Å². The highest BCUT2D eigenvalue weighted by atomic mass is 35.5. The lowest BCUT2D eigenvalue weighted by molar-refractivity contribution is 0.0127. The molecule has 25 heavy (non-hydrogen) atoms. The fourth-order valence-electron chi connectivity index (χ4n) is 2.84. The smallest absolute Gasteiger partial charge is 0.240 e. The van der Waals surface area contributed by atoms with Gasteiger partial charge in [0.25, 0.3) is 0 Å². The molecule has 8 heteroatoms. The summed E-state index contributed by atoms with van der Waals surface area (Å²) in [5.74, 6) is 1.54. The molecule has 1 fully saturated rings. The Bertz CT molecular complexity index is 816. The van der Waals surface area contributed by atoms with Crippen molar-refractivity contribution in [2.75, 3.05) is 32.8 Å². The predicted molar refractivity (Wildman–Crippen MR) is 95.2 cm³/mol. The Morgan fingerprint density at radius 1 is 1.24 bits per heavy atom. The van der Waals surface area contributed by atoms with Crippen LogP contribution in [0.25, 0.3) is 0 Å². The van der Waals surface area contributed by atoms with E-state index < -0.39 is 10.0 Å². The lowest BCUT2D eigenvalue weighted by Gasteiger charge is -2.33. The molecule has 1 saturated heterocycles. The first-order valence-electron chi connectivity index (χ1n) is 8.09. The maximum Gasteiger partial charge on any atom is 0.240 e. The van der Waals surface area contributed by atoms with Crippen LogP contribution in [0.15, 0.2) is 45.7 Å². The van der Waals surface area contributed by atoms with Crippen LogP contribution in [0.2, 0.25) is 5.02 Å². The van der Waals surface area contributed by atoms with Crippen molar-refractivity contribution in [1.29, 1.82) is 0 Å². The van der Waals surface area contributed by atoms with Crippen LogP contribution in [0, 0.1) is 6.92 Å². The van der Waals surface area contributed by atoms with Crippen molar-refractivity contribution in [2.24, 2.45) is 0 Å². The normalized spacial score (nSPS) is 17.5. The minimum Gasteiger partial charge on any atom is -0.465 e. The van der Waals surface area contributed by atoms with Gasteiger partial charge in [0.05, 0.1) is 24.2 Å². The van der Waals surface area contributed by atoms with E-state index in [9.17, 15) is 8.42 Å². The quantitative estimate of drug-likeness (QED) is 0.828. The van der Waals surface area contributed by atoms with Gasteiger partial charge in [-0.25, -0.2) is 13.1 Å². The van der Waals surface area contributed by atoms with E-state index in [-0.39, 0.29) is 17.5 Å².